The van der Waals surface area contributed by atoms with Gasteiger partial charge in [0.05, 0.1) is 38.0 Å². The molecular formula is C56H68ClF3N6O5S3. The van der Waals surface area contributed by atoms with Gasteiger partial charge in [0.25, 0.3) is 9.84 Å². The van der Waals surface area contributed by atoms with Crippen LogP contribution >= 0.6 is 36.2 Å². The first kappa shape index (κ1) is 55.8. The van der Waals surface area contributed by atoms with Crippen LogP contribution in [0.25, 0.3) is 5.57 Å². The van der Waals surface area contributed by atoms with E-state index >= 15 is 0 Å². The van der Waals surface area contributed by atoms with E-state index in [-0.39, 0.29) is 23.6 Å². The predicted molar refractivity (Wildman–Crippen MR) is 297 cm³/mol. The Balaban J connectivity index is 0.00000360. The second-order valence-corrected chi connectivity index (χ2v) is 23.1. The zero-order chi connectivity index (χ0) is 52.3. The molecule has 0 saturated carbocycles. The van der Waals surface area contributed by atoms with E-state index in [0.717, 1.165) is 123 Å². The largest absolute Gasteiger partial charge is 0.501 e. The Bertz CT molecular complexity index is 2760. The van der Waals surface area contributed by atoms with E-state index < -0.39 is 20.2 Å². The highest BCUT2D eigenvalue weighted by Gasteiger charge is 2.48. The van der Waals surface area contributed by atoms with Crippen LogP contribution in [-0.2, 0) is 27.5 Å². The van der Waals surface area contributed by atoms with E-state index in [4.69, 9.17) is 25.8 Å². The maximum atomic E-state index is 14.3. The molecule has 1 aliphatic carbocycles. The van der Waals surface area contributed by atoms with E-state index in [2.05, 4.69) is 73.2 Å². The Hall–Kier alpha value is -4.43. The quantitative estimate of drug-likeness (QED) is 0.0541. The van der Waals surface area contributed by atoms with Gasteiger partial charge >= 0.3 is 5.51 Å². The molecule has 9 rings (SSSR count). The monoisotopic (exact) mass is 1090 g/mol. The van der Waals surface area contributed by atoms with Gasteiger partial charge in [0, 0.05) is 111 Å². The number of rotatable bonds is 19. The number of allylic oxidation sites excluding steroid dienone is 1. The number of nitrogens with two attached hydrogens (primary N) is 1. The summed E-state index contributed by atoms with van der Waals surface area (Å²) in [6.45, 7) is 10.9. The third kappa shape index (κ3) is 14.1. The van der Waals surface area contributed by atoms with Crippen molar-refractivity contribution in [1.82, 2.24) is 14.7 Å². The predicted octanol–water partition coefficient (Wildman–Crippen LogP) is 10.6. The number of methoxy groups -OCH3 is 2. The molecule has 1 spiro atoms. The van der Waals surface area contributed by atoms with Gasteiger partial charge in [-0.05, 0) is 114 Å². The second-order valence-electron chi connectivity index (χ2n) is 19.7. The fraction of sp³-hybridized carbons (Fsp3) is 0.429. The Morgan fingerprint density at radius 3 is 2.19 bits per heavy atom. The standard InChI is InChI=1S/C56H65ClF3N5O5S2.H3NS/c1-68-49-18-13-44(53(34-49)69-2)36-64-39-55(40-64)22-20-51(43-11-14-46(57)15-12-43)45(35-55)37-63-24-26-65(27-25-63)48-16-8-41(9-17-48)32-42-10-19-52(54(33-42)72(66,67)56(58,59)60)61-47(21-23-62-28-30-70-31-29-62)38-71-50-6-4-3-5-7-50;1-2/h3-19,33-34,47,61H,20-32,35-40H2,1-2H3;2H,1H2. The van der Waals surface area contributed by atoms with Crippen molar-refractivity contribution in [3.8, 4) is 11.5 Å². The average molecular weight is 1090 g/mol. The van der Waals surface area contributed by atoms with Crippen molar-refractivity contribution in [2.75, 3.05) is 109 Å². The number of hydrogen-bond donors (Lipinski definition) is 3. The number of piperazine rings is 1. The van der Waals surface area contributed by atoms with Crippen LogP contribution in [0.15, 0.2) is 131 Å². The van der Waals surface area contributed by atoms with Gasteiger partial charge in [-0.1, -0.05) is 71.8 Å². The van der Waals surface area contributed by atoms with Crippen LogP contribution in [0.2, 0.25) is 5.02 Å². The first-order chi connectivity index (χ1) is 35.8. The normalized spacial score (nSPS) is 18.1. The van der Waals surface area contributed by atoms with Crippen molar-refractivity contribution in [3.63, 3.8) is 0 Å². The van der Waals surface area contributed by atoms with Crippen LogP contribution in [0, 0.1) is 5.41 Å². The number of sulfone groups is 1. The molecule has 5 aromatic carbocycles. The number of nitrogens with zero attached hydrogens (tertiary/aromatic N) is 4. The third-order valence-electron chi connectivity index (χ3n) is 14.7. The summed E-state index contributed by atoms with van der Waals surface area (Å²) in [7, 11) is -2.29. The Labute approximate surface area is 450 Å². The fourth-order valence-electron chi connectivity index (χ4n) is 10.8. The molecule has 18 heteroatoms. The number of hydrogen-bond acceptors (Lipinski definition) is 13. The fourth-order valence-corrected chi connectivity index (χ4v) is 12.9. The van der Waals surface area contributed by atoms with Gasteiger partial charge in [0.2, 0.25) is 0 Å². The van der Waals surface area contributed by atoms with Crippen molar-refractivity contribution < 1.29 is 35.8 Å². The molecule has 398 valence electrons. The Morgan fingerprint density at radius 2 is 1.51 bits per heavy atom. The summed E-state index contributed by atoms with van der Waals surface area (Å²) < 4.78 is 86.0. The topological polar surface area (TPSA) is 113 Å². The third-order valence-corrected chi connectivity index (χ3v) is 17.7. The summed E-state index contributed by atoms with van der Waals surface area (Å²) in [6, 6.07) is 36.4. The number of morpholine rings is 1. The summed E-state index contributed by atoms with van der Waals surface area (Å²) in [5.74, 6) is 2.18. The number of alkyl halides is 3. The van der Waals surface area contributed by atoms with Crippen LogP contribution in [0.4, 0.5) is 24.5 Å². The number of thioether (sulfide) groups is 1. The zero-order valence-corrected chi connectivity index (χ0v) is 45.4. The lowest BCUT2D eigenvalue weighted by molar-refractivity contribution is -0.0435. The summed E-state index contributed by atoms with van der Waals surface area (Å²) in [6.07, 6.45) is 4.14. The number of benzene rings is 5. The van der Waals surface area contributed by atoms with Gasteiger partial charge < -0.3 is 24.4 Å². The molecule has 74 heavy (non-hydrogen) atoms. The molecule has 3 heterocycles. The van der Waals surface area contributed by atoms with E-state index in [1.54, 1.807) is 32.0 Å². The average Bonchev–Trinajstić information content (AvgIpc) is 3.41. The number of nitrogens with one attached hydrogen (secondary N) is 1. The van der Waals surface area contributed by atoms with Crippen LogP contribution in [0.3, 0.4) is 0 Å². The van der Waals surface area contributed by atoms with Crippen molar-refractivity contribution in [2.24, 2.45) is 10.6 Å². The van der Waals surface area contributed by atoms with Gasteiger partial charge in [0.15, 0.2) is 0 Å². The minimum absolute atomic E-state index is 0.0384. The highest BCUT2D eigenvalue weighted by Crippen LogP contribution is 2.49. The number of anilines is 2. The SMILES string of the molecule is COc1ccc(CN2CC3(CCC(c4ccc(Cl)cc4)=C(CN4CCN(c5ccc(Cc6ccc(NC(CCN7CCOCC7)CSc7ccccc7)c(S(=O)(=O)C(F)(F)F)c6)cc5)CC4)C3)C2)c(OC)c1.NS. The summed E-state index contributed by atoms with van der Waals surface area (Å²) >= 11 is 11.0. The molecule has 3 saturated heterocycles. The Morgan fingerprint density at radius 1 is 0.811 bits per heavy atom. The summed E-state index contributed by atoms with van der Waals surface area (Å²) in [5.41, 5.74) is 2.57. The molecular weight excluding hydrogens is 1030 g/mol. The molecule has 3 fully saturated rings. The molecule has 11 nitrogen and oxygen atoms in total. The number of likely N-dealkylation sites (tertiary alicyclic amines) is 1. The molecule has 3 N–H and O–H groups in total. The van der Waals surface area contributed by atoms with Crippen molar-refractivity contribution >= 4 is 63.0 Å². The number of halogens is 4. The van der Waals surface area contributed by atoms with Crippen molar-refractivity contribution in [3.05, 3.63) is 148 Å². The van der Waals surface area contributed by atoms with Crippen LogP contribution in [0.1, 0.15) is 47.9 Å². The van der Waals surface area contributed by atoms with Crippen LogP contribution in [-0.4, -0.2) is 133 Å². The minimum Gasteiger partial charge on any atom is -0.497 e. The highest BCUT2D eigenvalue weighted by atomic mass is 35.5. The van der Waals surface area contributed by atoms with Crippen molar-refractivity contribution in [2.45, 2.75) is 60.0 Å². The molecule has 0 radical (unpaired) electrons. The Kier molecular flexibility index (Phi) is 19.3. The van der Waals surface area contributed by atoms with Crippen LogP contribution < -0.4 is 24.8 Å². The highest BCUT2D eigenvalue weighted by molar-refractivity contribution is 7.99. The lowest BCUT2D eigenvalue weighted by Crippen LogP contribution is -2.57. The minimum atomic E-state index is -5.67. The lowest BCUT2D eigenvalue weighted by atomic mass is 9.65. The first-order valence-electron chi connectivity index (χ1n) is 25.2. The zero-order valence-electron chi connectivity index (χ0n) is 42.2. The number of thiol groups is 1. The lowest BCUT2D eigenvalue weighted by Gasteiger charge is -2.54. The molecule has 0 amide bonds. The maximum Gasteiger partial charge on any atom is 0.501 e. The van der Waals surface area contributed by atoms with E-state index in [1.807, 2.05) is 66.7 Å². The molecule has 0 bridgehead atoms. The molecule has 1 atom stereocenters. The summed E-state index contributed by atoms with van der Waals surface area (Å²) in [4.78, 5) is 10.0. The van der Waals surface area contributed by atoms with Gasteiger partial charge in [-0.3, -0.25) is 19.8 Å². The summed E-state index contributed by atoms with van der Waals surface area (Å²) in [5, 5.41) is 8.18. The van der Waals surface area contributed by atoms with Gasteiger partial charge in [-0.25, -0.2) is 8.42 Å². The number of ether oxygens (including phenoxy) is 3. The maximum absolute atomic E-state index is 14.3. The second kappa shape index (κ2) is 25.6. The van der Waals surface area contributed by atoms with Gasteiger partial charge in [0.1, 0.15) is 11.5 Å². The first-order valence-corrected chi connectivity index (χ1v) is 28.5. The molecule has 0 aromatic heterocycles. The van der Waals surface area contributed by atoms with E-state index in [9.17, 15) is 21.6 Å². The smallest absolute Gasteiger partial charge is 0.497 e. The van der Waals surface area contributed by atoms with Gasteiger partial charge in [-0.2, -0.15) is 13.2 Å². The molecule has 4 aliphatic rings. The van der Waals surface area contributed by atoms with E-state index in [0.29, 0.717) is 37.5 Å². The molecule has 5 aromatic rings. The molecule has 3 aliphatic heterocycles. The van der Waals surface area contributed by atoms with Gasteiger partial charge in [-0.15, -0.1) is 24.6 Å². The van der Waals surface area contributed by atoms with E-state index in [1.165, 1.54) is 28.8 Å². The molecule has 1 unspecified atom stereocenters. The van der Waals surface area contributed by atoms with Crippen molar-refractivity contribution in [1.29, 1.82) is 0 Å². The van der Waals surface area contributed by atoms with Crippen LogP contribution in [0.5, 0.6) is 11.5 Å².